The zero-order valence-corrected chi connectivity index (χ0v) is 13.3. The van der Waals surface area contributed by atoms with Crippen molar-refractivity contribution in [2.45, 2.75) is 6.54 Å². The van der Waals surface area contributed by atoms with Crippen molar-refractivity contribution in [3.63, 3.8) is 0 Å². The molecule has 1 aliphatic heterocycles. The van der Waals surface area contributed by atoms with Crippen LogP contribution in [-0.4, -0.2) is 18.8 Å². The second-order valence-electron chi connectivity index (χ2n) is 5.51. The Kier molecular flexibility index (Phi) is 5.00. The predicted molar refractivity (Wildman–Crippen MR) is 98.0 cm³/mol. The molecule has 0 bridgehead atoms. The van der Waals surface area contributed by atoms with E-state index >= 15 is 0 Å². The van der Waals surface area contributed by atoms with Gasteiger partial charge in [-0.2, -0.15) is 0 Å². The summed E-state index contributed by atoms with van der Waals surface area (Å²) < 4.78 is 5.19. The minimum Gasteiger partial charge on any atom is -0.497 e. The van der Waals surface area contributed by atoms with E-state index in [9.17, 15) is 0 Å². The van der Waals surface area contributed by atoms with Crippen LogP contribution in [0.15, 0.2) is 84.9 Å². The summed E-state index contributed by atoms with van der Waals surface area (Å²) in [6, 6.07) is 18.7. The van der Waals surface area contributed by atoms with Gasteiger partial charge in [0.05, 0.1) is 7.11 Å². The molecule has 0 spiro atoms. The Bertz CT molecular complexity index is 704. The van der Waals surface area contributed by atoms with Crippen LogP contribution in [0, 0.1) is 0 Å². The van der Waals surface area contributed by atoms with Crippen LogP contribution in [0.1, 0.15) is 11.1 Å². The van der Waals surface area contributed by atoms with E-state index in [1.54, 1.807) is 7.11 Å². The maximum Gasteiger partial charge on any atom is 0.308 e. The van der Waals surface area contributed by atoms with Crippen molar-refractivity contribution in [1.82, 2.24) is 4.81 Å². The van der Waals surface area contributed by atoms with E-state index in [4.69, 9.17) is 4.74 Å². The first kappa shape index (κ1) is 15.2. The van der Waals surface area contributed by atoms with Crippen molar-refractivity contribution in [3.8, 4) is 5.75 Å². The smallest absolute Gasteiger partial charge is 0.308 e. The first-order valence-electron chi connectivity index (χ1n) is 7.82. The van der Waals surface area contributed by atoms with E-state index in [0.717, 1.165) is 12.3 Å². The largest absolute Gasteiger partial charge is 0.497 e. The summed E-state index contributed by atoms with van der Waals surface area (Å²) in [5, 5.41) is 0. The number of hydrogen-bond donors (Lipinski definition) is 0. The first-order valence-corrected chi connectivity index (χ1v) is 7.82. The molecule has 2 nitrogen and oxygen atoms in total. The van der Waals surface area contributed by atoms with Crippen molar-refractivity contribution in [1.29, 1.82) is 0 Å². The van der Waals surface area contributed by atoms with Crippen LogP contribution in [0.3, 0.4) is 0 Å². The Morgan fingerprint density at radius 1 is 1.00 bits per heavy atom. The average Bonchev–Trinajstić information content (AvgIpc) is 2.62. The highest BCUT2D eigenvalue weighted by molar-refractivity contribution is 6.67. The van der Waals surface area contributed by atoms with Crippen LogP contribution in [0.4, 0.5) is 0 Å². The number of nitrogens with zero attached hydrogens (tertiary/aromatic N) is 1. The van der Waals surface area contributed by atoms with Gasteiger partial charge in [0.1, 0.15) is 5.75 Å². The lowest BCUT2D eigenvalue weighted by Crippen LogP contribution is -2.33. The number of ether oxygens (including phenoxy) is 1. The molecule has 0 aliphatic carbocycles. The molecule has 114 valence electrons. The predicted octanol–water partition coefficient (Wildman–Crippen LogP) is 4.36. The second-order valence-corrected chi connectivity index (χ2v) is 5.51. The lowest BCUT2D eigenvalue weighted by atomic mass is 9.59. The molecule has 0 fully saturated rings. The molecule has 0 N–H and O–H groups in total. The third kappa shape index (κ3) is 4.16. The van der Waals surface area contributed by atoms with Crippen molar-refractivity contribution in [2.24, 2.45) is 0 Å². The van der Waals surface area contributed by atoms with E-state index in [1.165, 1.54) is 11.1 Å². The summed E-state index contributed by atoms with van der Waals surface area (Å²) in [6.07, 6.45) is 8.49. The first-order chi connectivity index (χ1) is 11.3. The minimum atomic E-state index is 0.266. The monoisotopic (exact) mass is 301 g/mol. The molecule has 1 heterocycles. The maximum absolute atomic E-state index is 5.19. The maximum atomic E-state index is 5.19. The van der Waals surface area contributed by atoms with E-state index < -0.39 is 0 Å². The van der Waals surface area contributed by atoms with Crippen LogP contribution in [0.25, 0.3) is 6.08 Å². The van der Waals surface area contributed by atoms with Crippen LogP contribution < -0.4 is 4.74 Å². The standard InChI is InChI=1S/C20H20BNO/c1-23-20-11-9-18(10-12-20)13-15-21-14-5-6-16-22(21)17-19-7-3-2-4-8-19/h2-16H,17H2,1H3/b15-13+. The molecule has 0 saturated carbocycles. The Morgan fingerprint density at radius 3 is 2.52 bits per heavy atom. The molecule has 0 radical (unpaired) electrons. The molecular weight excluding hydrogens is 281 g/mol. The molecule has 0 unspecified atom stereocenters. The zero-order valence-electron chi connectivity index (χ0n) is 13.3. The summed E-state index contributed by atoms with van der Waals surface area (Å²) >= 11 is 0. The van der Waals surface area contributed by atoms with E-state index in [2.05, 4.69) is 83.7 Å². The van der Waals surface area contributed by atoms with Crippen LogP contribution in [0.5, 0.6) is 5.75 Å². The molecule has 3 heteroatoms. The van der Waals surface area contributed by atoms with Gasteiger partial charge in [-0.05, 0) is 35.5 Å². The number of benzene rings is 2. The van der Waals surface area contributed by atoms with E-state index in [-0.39, 0.29) is 6.85 Å². The number of methoxy groups -OCH3 is 1. The van der Waals surface area contributed by atoms with Crippen LogP contribution in [0.2, 0.25) is 0 Å². The Balaban J connectivity index is 1.70. The van der Waals surface area contributed by atoms with Gasteiger partial charge in [0.2, 0.25) is 0 Å². The Hall–Kier alpha value is -2.68. The summed E-state index contributed by atoms with van der Waals surface area (Å²) in [5.41, 5.74) is 2.49. The van der Waals surface area contributed by atoms with Crippen LogP contribution >= 0.6 is 0 Å². The quantitative estimate of drug-likeness (QED) is 0.761. The Labute approximate surface area is 138 Å². The fourth-order valence-electron chi connectivity index (χ4n) is 2.60. The zero-order chi connectivity index (χ0) is 15.9. The highest BCUT2D eigenvalue weighted by atomic mass is 16.5. The van der Waals surface area contributed by atoms with Gasteiger partial charge in [-0.3, -0.25) is 0 Å². The van der Waals surface area contributed by atoms with Gasteiger partial charge in [-0.25, -0.2) is 0 Å². The third-order valence-electron chi connectivity index (χ3n) is 3.89. The van der Waals surface area contributed by atoms with Gasteiger partial charge in [-0.1, -0.05) is 66.6 Å². The fraction of sp³-hybridized carbons (Fsp3) is 0.100. The SMILES string of the molecule is COc1ccc(/C=C/B2C=CC=CN2Cc2ccccc2)cc1. The molecule has 0 amide bonds. The third-order valence-corrected chi connectivity index (χ3v) is 3.89. The average molecular weight is 301 g/mol. The molecule has 0 aromatic heterocycles. The second kappa shape index (κ2) is 7.55. The highest BCUT2D eigenvalue weighted by Crippen LogP contribution is 2.15. The fourth-order valence-corrected chi connectivity index (χ4v) is 2.60. The van der Waals surface area contributed by atoms with Crippen molar-refractivity contribution in [3.05, 3.63) is 96.0 Å². The molecule has 2 aromatic carbocycles. The lowest BCUT2D eigenvalue weighted by molar-refractivity contribution is 0.415. The Morgan fingerprint density at radius 2 is 1.78 bits per heavy atom. The van der Waals surface area contributed by atoms with Gasteiger partial charge in [0.25, 0.3) is 0 Å². The van der Waals surface area contributed by atoms with Crippen molar-refractivity contribution < 1.29 is 4.74 Å². The minimum absolute atomic E-state index is 0.266. The highest BCUT2D eigenvalue weighted by Gasteiger charge is 2.16. The summed E-state index contributed by atoms with van der Waals surface area (Å²) in [5.74, 6) is 5.32. The van der Waals surface area contributed by atoms with Crippen LogP contribution in [-0.2, 0) is 6.54 Å². The molecule has 2 aromatic rings. The molecule has 1 aliphatic rings. The number of rotatable bonds is 5. The number of allylic oxidation sites excluding steroid dienone is 2. The van der Waals surface area contributed by atoms with Crippen molar-refractivity contribution >= 4 is 12.9 Å². The topological polar surface area (TPSA) is 12.5 Å². The van der Waals surface area contributed by atoms with Gasteiger partial charge in [0.15, 0.2) is 0 Å². The van der Waals surface area contributed by atoms with Gasteiger partial charge >= 0.3 is 6.85 Å². The summed E-state index contributed by atoms with van der Waals surface area (Å²) in [7, 11) is 1.69. The van der Waals surface area contributed by atoms with Gasteiger partial charge in [0, 0.05) is 6.54 Å². The normalized spacial score (nSPS) is 13.8. The lowest BCUT2D eigenvalue weighted by Gasteiger charge is -2.26. The molecular formula is C20H20BNO. The molecule has 3 rings (SSSR count). The van der Waals surface area contributed by atoms with E-state index in [1.807, 2.05) is 12.1 Å². The molecule has 23 heavy (non-hydrogen) atoms. The number of hydrogen-bond acceptors (Lipinski definition) is 2. The summed E-state index contributed by atoms with van der Waals surface area (Å²) in [6.45, 7) is 1.17. The van der Waals surface area contributed by atoms with Gasteiger partial charge < -0.3 is 9.55 Å². The summed E-state index contributed by atoms with van der Waals surface area (Å²) in [4.78, 5) is 2.33. The molecule has 0 saturated heterocycles. The van der Waals surface area contributed by atoms with E-state index in [0.29, 0.717) is 0 Å². The van der Waals surface area contributed by atoms with Gasteiger partial charge in [-0.15, -0.1) is 0 Å². The molecule has 0 atom stereocenters. The van der Waals surface area contributed by atoms with Crippen molar-refractivity contribution in [2.75, 3.05) is 7.11 Å².